The van der Waals surface area contributed by atoms with E-state index in [1.54, 1.807) is 0 Å². The molecular formula is C22H21IN2O7S+. The third-order valence-corrected chi connectivity index (χ3v) is 12.1. The van der Waals surface area contributed by atoms with E-state index in [1.807, 2.05) is 62.4 Å². The Labute approximate surface area is 198 Å². The number of benzene rings is 3. The topological polar surface area (TPSA) is 130 Å². The zero-order valence-corrected chi connectivity index (χ0v) is 20.8. The predicted molar refractivity (Wildman–Crippen MR) is 117 cm³/mol. The Kier molecular flexibility index (Phi) is 7.76. The van der Waals surface area contributed by atoms with Crippen molar-refractivity contribution in [2.75, 3.05) is 0 Å². The summed E-state index contributed by atoms with van der Waals surface area (Å²) in [5, 5.41) is 22.4. The van der Waals surface area contributed by atoms with Crippen LogP contribution in [0.4, 0.5) is 11.4 Å². The van der Waals surface area contributed by atoms with Crippen LogP contribution in [0.3, 0.4) is 0 Å². The highest BCUT2D eigenvalue weighted by Crippen LogP contribution is 2.25. The van der Waals surface area contributed by atoms with E-state index in [-0.39, 0.29) is 0 Å². The molecule has 0 saturated carbocycles. The number of hydrogen-bond donors (Lipinski definition) is 0. The zero-order valence-electron chi connectivity index (χ0n) is 17.8. The van der Waals surface area contributed by atoms with Gasteiger partial charge in [0, 0.05) is 12.1 Å². The lowest BCUT2D eigenvalue weighted by molar-refractivity contribution is -1.03. The normalized spacial score (nSPS) is 11.5. The minimum Gasteiger partial charge on any atom is -0.258 e. The first kappa shape index (κ1) is 24.7. The minimum absolute atomic E-state index is 0.624. The fourth-order valence-electron chi connectivity index (χ4n) is 2.91. The molecule has 3 aromatic rings. The fourth-order valence-corrected chi connectivity index (χ4v) is 9.86. The van der Waals surface area contributed by atoms with Gasteiger partial charge in [-0.1, -0.05) is 38.1 Å². The van der Waals surface area contributed by atoms with Gasteiger partial charge in [0.05, 0.1) is 15.9 Å². The Morgan fingerprint density at radius 1 is 0.758 bits per heavy atom. The van der Waals surface area contributed by atoms with Crippen molar-refractivity contribution in [1.29, 1.82) is 0 Å². The summed E-state index contributed by atoms with van der Waals surface area (Å²) in [7, 11) is -4.54. The van der Waals surface area contributed by atoms with Crippen molar-refractivity contribution >= 4 is 21.5 Å². The number of nitro groups is 2. The molecule has 0 bridgehead atoms. The van der Waals surface area contributed by atoms with Gasteiger partial charge in [-0.2, -0.15) is 8.42 Å². The first-order chi connectivity index (χ1) is 15.6. The predicted octanol–water partition coefficient (Wildman–Crippen LogP) is 1.61. The Bertz CT molecular complexity index is 1200. The molecule has 0 aliphatic carbocycles. The van der Waals surface area contributed by atoms with Crippen molar-refractivity contribution in [2.45, 2.75) is 31.6 Å². The highest BCUT2D eigenvalue weighted by Gasteiger charge is 2.39. The monoisotopic (exact) mass is 584 g/mol. The minimum atomic E-state index is -4.54. The van der Waals surface area contributed by atoms with Gasteiger partial charge in [-0.15, -0.1) is 0 Å². The van der Waals surface area contributed by atoms with E-state index in [0.29, 0.717) is 13.2 Å². The van der Waals surface area contributed by atoms with Crippen molar-refractivity contribution in [3.05, 3.63) is 105 Å². The highest BCUT2D eigenvalue weighted by atomic mass is 127. The van der Waals surface area contributed by atoms with Crippen molar-refractivity contribution in [3.63, 3.8) is 0 Å². The maximum Gasteiger partial charge on any atom is 0.336 e. The molecule has 0 heterocycles. The van der Waals surface area contributed by atoms with Crippen LogP contribution in [0.25, 0.3) is 0 Å². The summed E-state index contributed by atoms with van der Waals surface area (Å²) >= 11 is -3.04. The van der Waals surface area contributed by atoms with Crippen LogP contribution in [-0.4, -0.2) is 18.3 Å². The quantitative estimate of drug-likeness (QED) is 0.212. The number of non-ortho nitro benzene ring substituents is 2. The van der Waals surface area contributed by atoms with Crippen LogP contribution >= 0.6 is 0 Å². The zero-order chi connectivity index (χ0) is 24.2. The second-order valence-corrected chi connectivity index (χ2v) is 13.4. The maximum absolute atomic E-state index is 13.2. The standard InChI is InChI=1S/C22H21IN2O7S/c1-3-16-5-9-18(10-6-16)23(19-11-7-17(4-2)8-12-19)32-33(30,31)22-14-20(24(26)27)13-21(15-22)25(28)29/h5-15H,3-4H2,1-2H3/q+1. The van der Waals surface area contributed by atoms with Gasteiger partial charge in [0.25, 0.3) is 11.4 Å². The second kappa shape index (κ2) is 10.4. The van der Waals surface area contributed by atoms with E-state index < -0.39 is 56.5 Å². The molecule has 33 heavy (non-hydrogen) atoms. The fraction of sp³-hybridized carbons (Fsp3) is 0.182. The molecule has 11 heteroatoms. The number of hydrogen-bond acceptors (Lipinski definition) is 7. The lowest BCUT2D eigenvalue weighted by atomic mass is 10.2. The smallest absolute Gasteiger partial charge is 0.258 e. The first-order valence-electron chi connectivity index (χ1n) is 9.91. The molecular weight excluding hydrogens is 563 g/mol. The molecule has 0 fully saturated rings. The van der Waals surface area contributed by atoms with E-state index >= 15 is 0 Å². The SMILES string of the molecule is CCc1ccc([I+](OS(=O)(=O)c2cc([N+](=O)[O-])cc([N+](=O)[O-])c2)c2ccc(CC)cc2)cc1. The van der Waals surface area contributed by atoms with Crippen molar-refractivity contribution in [3.8, 4) is 0 Å². The molecule has 0 aromatic heterocycles. The number of halogens is 1. The summed E-state index contributed by atoms with van der Waals surface area (Å²) in [5.41, 5.74) is 0.749. The summed E-state index contributed by atoms with van der Waals surface area (Å²) in [6.07, 6.45) is 1.63. The van der Waals surface area contributed by atoms with Gasteiger partial charge in [-0.25, -0.2) is 0 Å². The largest absolute Gasteiger partial charge is 0.336 e. The average molecular weight is 584 g/mol. The van der Waals surface area contributed by atoms with Crippen molar-refractivity contribution in [1.82, 2.24) is 0 Å². The van der Waals surface area contributed by atoms with Crippen molar-refractivity contribution < 1.29 is 41.0 Å². The van der Waals surface area contributed by atoms with E-state index in [0.717, 1.165) is 36.1 Å². The summed E-state index contributed by atoms with van der Waals surface area (Å²) in [4.78, 5) is 20.0. The summed E-state index contributed by atoms with van der Waals surface area (Å²) in [6.45, 7) is 4.01. The van der Waals surface area contributed by atoms with Gasteiger partial charge < -0.3 is 0 Å². The van der Waals surface area contributed by atoms with Crippen LogP contribution in [0.2, 0.25) is 0 Å². The van der Waals surface area contributed by atoms with Crippen LogP contribution in [-0.2, 0) is 25.5 Å². The van der Waals surface area contributed by atoms with Crippen molar-refractivity contribution in [2.24, 2.45) is 0 Å². The van der Waals surface area contributed by atoms with Gasteiger partial charge in [0.2, 0.25) is 0 Å². The molecule has 0 aliphatic heterocycles. The molecule has 0 amide bonds. The van der Waals surface area contributed by atoms with Crippen LogP contribution in [0.15, 0.2) is 71.6 Å². The molecule has 0 atom stereocenters. The molecule has 0 saturated heterocycles. The molecule has 173 valence electrons. The number of aryl methyl sites for hydroxylation is 2. The third-order valence-electron chi connectivity index (χ3n) is 4.77. The van der Waals surface area contributed by atoms with Crippen LogP contribution < -0.4 is 20.2 Å². The Morgan fingerprint density at radius 3 is 1.48 bits per heavy atom. The lowest BCUT2D eigenvalue weighted by Crippen LogP contribution is -3.85. The molecule has 0 unspecified atom stereocenters. The van der Waals surface area contributed by atoms with E-state index in [9.17, 15) is 28.6 Å². The van der Waals surface area contributed by atoms with Crippen LogP contribution in [0, 0.1) is 27.4 Å². The molecule has 0 spiro atoms. The van der Waals surface area contributed by atoms with Gasteiger partial charge in [0.15, 0.2) is 7.14 Å². The Balaban J connectivity index is 2.09. The van der Waals surface area contributed by atoms with Crippen LogP contribution in [0.5, 0.6) is 0 Å². The Hall–Kier alpha value is -2.90. The molecule has 0 aliphatic rings. The molecule has 1 radical (unpaired) electrons. The maximum atomic E-state index is 13.2. The van der Waals surface area contributed by atoms with Gasteiger partial charge >= 0.3 is 30.4 Å². The lowest BCUT2D eigenvalue weighted by Gasteiger charge is -2.07. The van der Waals surface area contributed by atoms with E-state index in [1.165, 1.54) is 0 Å². The average Bonchev–Trinajstić information content (AvgIpc) is 2.82. The van der Waals surface area contributed by atoms with Gasteiger partial charge in [0.1, 0.15) is 4.90 Å². The number of nitro benzene ring substituents is 2. The number of rotatable bonds is 9. The van der Waals surface area contributed by atoms with E-state index in [2.05, 4.69) is 0 Å². The molecule has 3 rings (SSSR count). The third kappa shape index (κ3) is 5.92. The highest BCUT2D eigenvalue weighted by molar-refractivity contribution is 7.86. The number of nitrogens with zero attached hydrogens (tertiary/aromatic N) is 2. The van der Waals surface area contributed by atoms with Gasteiger partial charge in [-0.3, -0.25) is 20.2 Å². The van der Waals surface area contributed by atoms with E-state index in [4.69, 9.17) is 2.51 Å². The molecule has 9 nitrogen and oxygen atoms in total. The molecule has 0 N–H and O–H groups in total. The van der Waals surface area contributed by atoms with Crippen LogP contribution in [0.1, 0.15) is 25.0 Å². The summed E-state index contributed by atoms with van der Waals surface area (Å²) < 4.78 is 33.4. The summed E-state index contributed by atoms with van der Waals surface area (Å²) in [5.74, 6) is 0. The first-order valence-corrected chi connectivity index (χ1v) is 14.4. The molecule has 3 aromatic carbocycles. The van der Waals surface area contributed by atoms with Gasteiger partial charge in [-0.05, 0) is 50.7 Å². The Morgan fingerprint density at radius 2 is 1.15 bits per heavy atom. The second-order valence-electron chi connectivity index (χ2n) is 6.93. The summed E-state index contributed by atoms with van der Waals surface area (Å²) in [6, 6.07) is 17.1.